The summed E-state index contributed by atoms with van der Waals surface area (Å²) >= 11 is 16.7. The number of nitrogens with zero attached hydrogens (tertiary/aromatic N) is 3. The van der Waals surface area contributed by atoms with Crippen LogP contribution in [0.1, 0.15) is 18.1 Å². The molecule has 2 heterocycles. The van der Waals surface area contributed by atoms with E-state index in [4.69, 9.17) is 27.9 Å². The summed E-state index contributed by atoms with van der Waals surface area (Å²) in [5, 5.41) is 3.30. The van der Waals surface area contributed by atoms with Gasteiger partial charge < -0.3 is 19.9 Å². The highest BCUT2D eigenvalue weighted by Gasteiger charge is 2.35. The van der Waals surface area contributed by atoms with Gasteiger partial charge in [0.05, 0.1) is 23.8 Å². The molecule has 4 rings (SSSR count). The molecule has 0 radical (unpaired) electrons. The second-order valence-electron chi connectivity index (χ2n) is 8.64. The maximum Gasteiger partial charge on any atom is 0.246 e. The van der Waals surface area contributed by atoms with Crippen LogP contribution in [0.2, 0.25) is 10.0 Å². The van der Waals surface area contributed by atoms with E-state index in [0.29, 0.717) is 33.6 Å². The van der Waals surface area contributed by atoms with Crippen molar-refractivity contribution >= 4 is 81.0 Å². The van der Waals surface area contributed by atoms with E-state index in [9.17, 15) is 9.59 Å². The van der Waals surface area contributed by atoms with Crippen LogP contribution in [-0.2, 0) is 20.9 Å². The zero-order chi connectivity index (χ0) is 26.6. The van der Waals surface area contributed by atoms with Crippen molar-refractivity contribution in [2.75, 3.05) is 25.0 Å². The minimum absolute atomic E-state index is 0. The first kappa shape index (κ1) is 29.8. The van der Waals surface area contributed by atoms with Gasteiger partial charge in [-0.2, -0.15) is 0 Å². The zero-order valence-electron chi connectivity index (χ0n) is 20.7. The van der Waals surface area contributed by atoms with Gasteiger partial charge in [-0.05, 0) is 42.8 Å². The lowest BCUT2D eigenvalue weighted by Gasteiger charge is -2.23. The number of amides is 2. The smallest absolute Gasteiger partial charge is 0.246 e. The Balaban J connectivity index is 0.00000400. The molecule has 11 heteroatoms. The predicted octanol–water partition coefficient (Wildman–Crippen LogP) is 5.96. The normalized spacial score (nSPS) is 17.9. The molecular formula is C27H26BrCl3N4O3. The summed E-state index contributed by atoms with van der Waals surface area (Å²) in [5.41, 5.74) is 1.88. The maximum atomic E-state index is 12.8. The lowest BCUT2D eigenvalue weighted by molar-refractivity contribution is -0.122. The van der Waals surface area contributed by atoms with Crippen molar-refractivity contribution in [2.45, 2.75) is 18.0 Å². The second kappa shape index (κ2) is 12.8. The van der Waals surface area contributed by atoms with Crippen molar-refractivity contribution in [3.05, 3.63) is 93.8 Å². The monoisotopic (exact) mass is 638 g/mol. The fraction of sp³-hybridized carbons (Fsp3) is 0.222. The number of carbonyl (C=O) groups excluding carboxylic acids is 2. The number of ether oxygens (including phenoxy) is 1. The molecule has 0 fully saturated rings. The van der Waals surface area contributed by atoms with Crippen molar-refractivity contribution in [3.8, 4) is 0 Å². The molecule has 7 nitrogen and oxygen atoms in total. The Kier molecular flexibility index (Phi) is 10.1. The first-order valence-corrected chi connectivity index (χ1v) is 13.0. The van der Waals surface area contributed by atoms with Crippen LogP contribution in [0, 0.1) is 0 Å². The Morgan fingerprint density at radius 3 is 2.71 bits per heavy atom. The number of aliphatic imine (C=N–C) groups is 1. The molecule has 2 aromatic carbocycles. The van der Waals surface area contributed by atoms with Crippen molar-refractivity contribution in [1.29, 1.82) is 0 Å². The van der Waals surface area contributed by atoms with Gasteiger partial charge in [0, 0.05) is 29.9 Å². The van der Waals surface area contributed by atoms with Crippen LogP contribution in [0.5, 0.6) is 0 Å². The van der Waals surface area contributed by atoms with Gasteiger partial charge in [0.25, 0.3) is 0 Å². The lowest BCUT2D eigenvalue weighted by Crippen LogP contribution is -2.37. The van der Waals surface area contributed by atoms with Crippen LogP contribution < -0.4 is 10.2 Å². The summed E-state index contributed by atoms with van der Waals surface area (Å²) in [5.74, 6) is 0.596. The number of benzene rings is 2. The Morgan fingerprint density at radius 1 is 1.24 bits per heavy atom. The number of hydrogen-bond acceptors (Lipinski definition) is 5. The Hall–Kier alpha value is -2.78. The minimum atomic E-state index is -0.398. The third kappa shape index (κ3) is 7.20. The summed E-state index contributed by atoms with van der Waals surface area (Å²) in [6, 6.07) is 12.7. The van der Waals surface area contributed by atoms with Crippen LogP contribution in [0.25, 0.3) is 6.08 Å². The molecule has 0 bridgehead atoms. The van der Waals surface area contributed by atoms with Gasteiger partial charge in [0.1, 0.15) is 11.1 Å². The van der Waals surface area contributed by atoms with Gasteiger partial charge in [0.15, 0.2) is 11.6 Å². The molecule has 0 aliphatic carbocycles. The van der Waals surface area contributed by atoms with Crippen LogP contribution in [-0.4, -0.2) is 47.1 Å². The average molecular weight is 641 g/mol. The highest BCUT2D eigenvalue weighted by atomic mass is 79.9. The number of likely N-dealkylation sites (N-methyl/N-ethyl adjacent to an activating group) is 1. The molecule has 0 spiro atoms. The molecule has 2 amide bonds. The Labute approximate surface area is 246 Å². The van der Waals surface area contributed by atoms with Gasteiger partial charge >= 0.3 is 0 Å². The molecule has 2 aliphatic heterocycles. The van der Waals surface area contributed by atoms with E-state index in [1.807, 2.05) is 60.5 Å². The third-order valence-corrected chi connectivity index (χ3v) is 6.92. The lowest BCUT2D eigenvalue weighted by atomic mass is 10.2. The number of allylic oxidation sites excluding steroid dienone is 2. The molecule has 2 aromatic rings. The van der Waals surface area contributed by atoms with Crippen molar-refractivity contribution in [1.82, 2.24) is 10.2 Å². The number of fused-ring (bicyclic) bond motifs is 1. The fourth-order valence-electron chi connectivity index (χ4n) is 3.78. The molecule has 1 N–H and O–H groups in total. The van der Waals surface area contributed by atoms with Crippen LogP contribution in [0.3, 0.4) is 0 Å². The summed E-state index contributed by atoms with van der Waals surface area (Å²) in [4.78, 5) is 33.0. The van der Waals surface area contributed by atoms with E-state index in [0.717, 1.165) is 11.4 Å². The molecule has 0 saturated carbocycles. The van der Waals surface area contributed by atoms with E-state index in [1.165, 1.54) is 11.0 Å². The number of hydrogen-bond donors (Lipinski definition) is 1. The number of amidine groups is 1. The molecule has 0 aromatic heterocycles. The van der Waals surface area contributed by atoms with Crippen molar-refractivity contribution in [2.24, 2.45) is 4.99 Å². The number of rotatable bonds is 8. The van der Waals surface area contributed by atoms with Crippen LogP contribution >= 0.6 is 51.5 Å². The van der Waals surface area contributed by atoms with Crippen molar-refractivity contribution < 1.29 is 14.3 Å². The molecule has 2 aliphatic rings. The average Bonchev–Trinajstić information content (AvgIpc) is 3.20. The predicted molar refractivity (Wildman–Crippen MR) is 159 cm³/mol. The molecule has 200 valence electrons. The zero-order valence-corrected chi connectivity index (χ0v) is 24.6. The van der Waals surface area contributed by atoms with Gasteiger partial charge in [-0.25, -0.2) is 4.99 Å². The molecular weight excluding hydrogens is 615 g/mol. The van der Waals surface area contributed by atoms with E-state index < -0.39 is 4.45 Å². The van der Waals surface area contributed by atoms with Gasteiger partial charge in [-0.15, -0.1) is 12.4 Å². The molecule has 1 atom stereocenters. The Bertz CT molecular complexity index is 1330. The minimum Gasteiger partial charge on any atom is -0.485 e. The quantitative estimate of drug-likeness (QED) is 0.220. The molecule has 1 unspecified atom stereocenters. The van der Waals surface area contributed by atoms with Crippen LogP contribution in [0.4, 0.5) is 5.69 Å². The number of nitrogens with one attached hydrogen (secondary N) is 1. The van der Waals surface area contributed by atoms with E-state index in [1.54, 1.807) is 25.3 Å². The second-order valence-corrected chi connectivity index (χ2v) is 11.1. The topological polar surface area (TPSA) is 74.2 Å². The van der Waals surface area contributed by atoms with Gasteiger partial charge in [0.2, 0.25) is 11.8 Å². The highest BCUT2D eigenvalue weighted by Crippen LogP contribution is 2.36. The number of carbonyl (C=O) groups is 2. The number of anilines is 1. The summed E-state index contributed by atoms with van der Waals surface area (Å²) in [6.07, 6.45) is 8.72. The van der Waals surface area contributed by atoms with Crippen LogP contribution in [0.15, 0.2) is 77.6 Å². The standard InChI is InChI=1S/C27H25BrCl2N4O3.ClH/c1-27(28)17-34-14-6-9-22(26(34)32-27)37-16-19-20(29)11-12-21(25(19)30)33(2)24(36)15-31-23(35)13-10-18-7-4-3-5-8-18;/h3-14H,15-17H2,1-2H3,(H,31,35);1H/b13-10+;. The maximum absolute atomic E-state index is 12.8. The van der Waals surface area contributed by atoms with Gasteiger partial charge in [-0.1, -0.05) is 69.5 Å². The molecule has 38 heavy (non-hydrogen) atoms. The fourth-order valence-corrected chi connectivity index (χ4v) is 4.83. The largest absolute Gasteiger partial charge is 0.485 e. The highest BCUT2D eigenvalue weighted by molar-refractivity contribution is 9.10. The van der Waals surface area contributed by atoms with Crippen molar-refractivity contribution in [3.63, 3.8) is 0 Å². The van der Waals surface area contributed by atoms with E-state index >= 15 is 0 Å². The van der Waals surface area contributed by atoms with Gasteiger partial charge in [-0.3, -0.25) is 9.59 Å². The summed E-state index contributed by atoms with van der Waals surface area (Å²) in [7, 11) is 1.59. The van der Waals surface area contributed by atoms with E-state index in [-0.39, 0.29) is 37.4 Å². The number of alkyl halides is 1. The number of halogens is 4. The summed E-state index contributed by atoms with van der Waals surface area (Å²) < 4.78 is 5.66. The SMILES string of the molecule is CN(C(=O)CNC(=O)/C=C/c1ccccc1)c1ccc(Cl)c(COC2=CC=CN3CC(C)(Br)N=C23)c1Cl.Cl. The Morgan fingerprint density at radius 2 is 1.97 bits per heavy atom. The first-order chi connectivity index (χ1) is 17.6. The summed E-state index contributed by atoms with van der Waals surface area (Å²) in [6.45, 7) is 2.55. The third-order valence-electron chi connectivity index (χ3n) is 5.72. The first-order valence-electron chi connectivity index (χ1n) is 11.5. The van der Waals surface area contributed by atoms with E-state index in [2.05, 4.69) is 26.2 Å². The molecule has 0 saturated heterocycles.